The minimum atomic E-state index is -3.12. The van der Waals surface area contributed by atoms with Crippen molar-refractivity contribution in [3.8, 4) is 0 Å². The quantitative estimate of drug-likeness (QED) is 0.649. The van der Waals surface area contributed by atoms with Gasteiger partial charge in [-0.1, -0.05) is 6.42 Å². The van der Waals surface area contributed by atoms with E-state index in [2.05, 4.69) is 9.62 Å². The summed E-state index contributed by atoms with van der Waals surface area (Å²) in [4.78, 5) is 2.27. The fraction of sp³-hybridized carbons (Fsp3) is 1.00. The molecule has 7 heteroatoms. The summed E-state index contributed by atoms with van der Waals surface area (Å²) >= 11 is 0. The molecule has 0 saturated carbocycles. The zero-order valence-electron chi connectivity index (χ0n) is 13.4. The Morgan fingerprint density at radius 2 is 2.10 bits per heavy atom. The molecule has 126 valence electrons. The van der Waals surface area contributed by atoms with Gasteiger partial charge in [0.25, 0.3) is 0 Å². The molecule has 0 bridgehead atoms. The molecule has 6 nitrogen and oxygen atoms in total. The van der Waals surface area contributed by atoms with Gasteiger partial charge in [0.2, 0.25) is 10.0 Å². The normalized spacial score (nSPS) is 22.6. The second-order valence-corrected chi connectivity index (χ2v) is 7.97. The predicted molar refractivity (Wildman–Crippen MR) is 83.8 cm³/mol. The number of sulfonamides is 1. The Bertz CT molecular complexity index is 386. The zero-order valence-corrected chi connectivity index (χ0v) is 14.2. The fourth-order valence-corrected chi connectivity index (χ4v) is 3.15. The lowest BCUT2D eigenvalue weighted by atomic mass is 9.99. The molecule has 1 saturated heterocycles. The summed E-state index contributed by atoms with van der Waals surface area (Å²) in [6.07, 6.45) is 4.95. The molecule has 0 aliphatic carbocycles. The fourth-order valence-electron chi connectivity index (χ4n) is 2.67. The number of rotatable bonds is 9. The van der Waals surface area contributed by atoms with Gasteiger partial charge in [0.1, 0.15) is 0 Å². The Kier molecular flexibility index (Phi) is 8.12. The van der Waals surface area contributed by atoms with Gasteiger partial charge >= 0.3 is 0 Å². The minimum absolute atomic E-state index is 0.121. The van der Waals surface area contributed by atoms with E-state index in [1.165, 1.54) is 12.7 Å². The highest BCUT2D eigenvalue weighted by Gasteiger charge is 2.24. The van der Waals surface area contributed by atoms with Gasteiger partial charge in [0, 0.05) is 19.1 Å². The third kappa shape index (κ3) is 8.73. The second-order valence-electron chi connectivity index (χ2n) is 6.14. The molecule has 2 N–H and O–H groups in total. The van der Waals surface area contributed by atoms with Crippen molar-refractivity contribution < 1.29 is 18.3 Å². The lowest BCUT2D eigenvalue weighted by molar-refractivity contribution is -0.0189. The molecule has 0 aromatic carbocycles. The highest BCUT2D eigenvalue weighted by Crippen LogP contribution is 2.19. The van der Waals surface area contributed by atoms with Gasteiger partial charge in [-0.3, -0.25) is 4.90 Å². The van der Waals surface area contributed by atoms with E-state index in [9.17, 15) is 13.5 Å². The number of nitrogens with zero attached hydrogens (tertiary/aromatic N) is 1. The summed E-state index contributed by atoms with van der Waals surface area (Å²) in [5.74, 6) is 0. The average Bonchev–Trinajstić information content (AvgIpc) is 2.37. The number of likely N-dealkylation sites (tertiary alicyclic amines) is 1. The third-order valence-corrected chi connectivity index (χ3v) is 4.39. The maximum absolute atomic E-state index is 11.1. The molecule has 0 radical (unpaired) electrons. The van der Waals surface area contributed by atoms with Crippen molar-refractivity contribution in [1.82, 2.24) is 9.62 Å². The molecule has 1 fully saturated rings. The zero-order chi connectivity index (χ0) is 15.9. The van der Waals surface area contributed by atoms with Gasteiger partial charge in [-0.05, 0) is 39.7 Å². The van der Waals surface area contributed by atoms with E-state index in [-0.39, 0.29) is 6.10 Å². The van der Waals surface area contributed by atoms with E-state index >= 15 is 0 Å². The Balaban J connectivity index is 2.38. The molecule has 1 rings (SSSR count). The Labute approximate surface area is 128 Å². The smallest absolute Gasteiger partial charge is 0.208 e. The second kappa shape index (κ2) is 9.05. The summed E-state index contributed by atoms with van der Waals surface area (Å²) in [7, 11) is -3.12. The third-order valence-electron chi connectivity index (χ3n) is 3.66. The van der Waals surface area contributed by atoms with Gasteiger partial charge in [0.15, 0.2) is 0 Å². The molecular weight excluding hydrogens is 292 g/mol. The van der Waals surface area contributed by atoms with Crippen LogP contribution in [0.1, 0.15) is 39.5 Å². The van der Waals surface area contributed by atoms with Crippen LogP contribution in [0.3, 0.4) is 0 Å². The molecule has 2 unspecified atom stereocenters. The minimum Gasteiger partial charge on any atom is -0.389 e. The number of β-amino-alcohol motifs (C(OH)–C–C–N with tert-alkyl or cyclic N) is 1. The molecule has 0 amide bonds. The predicted octanol–water partition coefficient (Wildman–Crippen LogP) is 0.566. The van der Waals surface area contributed by atoms with Crippen molar-refractivity contribution in [2.45, 2.75) is 57.8 Å². The number of hydrogen-bond donors (Lipinski definition) is 2. The first-order valence-electron chi connectivity index (χ1n) is 7.76. The molecule has 21 heavy (non-hydrogen) atoms. The number of hydrogen-bond acceptors (Lipinski definition) is 5. The first kappa shape index (κ1) is 18.8. The van der Waals surface area contributed by atoms with Crippen LogP contribution in [0.15, 0.2) is 0 Å². The van der Waals surface area contributed by atoms with E-state index in [1.807, 2.05) is 13.8 Å². The van der Waals surface area contributed by atoms with E-state index in [1.54, 1.807) is 0 Å². The molecule has 1 heterocycles. The van der Waals surface area contributed by atoms with Gasteiger partial charge in [-0.25, -0.2) is 13.1 Å². The number of aliphatic hydroxyl groups excluding tert-OH is 1. The standard InChI is InChI=1S/C14H30N2O4S/c1-12(2)20-11-14(17)10-16-9-5-4-6-13(16)7-8-15-21(3,18)19/h12-15,17H,4-11H2,1-3H3. The summed E-state index contributed by atoms with van der Waals surface area (Å²) in [5.41, 5.74) is 0. The maximum atomic E-state index is 11.1. The molecule has 1 aliphatic rings. The van der Waals surface area contributed by atoms with Crippen molar-refractivity contribution in [2.75, 3.05) is 32.5 Å². The van der Waals surface area contributed by atoms with Crippen LogP contribution >= 0.6 is 0 Å². The van der Waals surface area contributed by atoms with Crippen molar-refractivity contribution in [1.29, 1.82) is 0 Å². The lowest BCUT2D eigenvalue weighted by Crippen LogP contribution is -2.46. The molecule has 1 aliphatic heterocycles. The van der Waals surface area contributed by atoms with Crippen molar-refractivity contribution in [3.63, 3.8) is 0 Å². The lowest BCUT2D eigenvalue weighted by Gasteiger charge is -2.37. The van der Waals surface area contributed by atoms with Gasteiger partial charge < -0.3 is 9.84 Å². The first-order chi connectivity index (χ1) is 9.78. The van der Waals surface area contributed by atoms with Gasteiger partial charge in [-0.15, -0.1) is 0 Å². The van der Waals surface area contributed by atoms with E-state index in [0.29, 0.717) is 25.7 Å². The summed E-state index contributed by atoms with van der Waals surface area (Å²) < 4.78 is 30.2. The van der Waals surface area contributed by atoms with Crippen LogP contribution < -0.4 is 4.72 Å². The van der Waals surface area contributed by atoms with Crippen molar-refractivity contribution in [2.24, 2.45) is 0 Å². The molecule has 0 aromatic rings. The number of ether oxygens (including phenoxy) is 1. The van der Waals surface area contributed by atoms with Gasteiger partial charge in [-0.2, -0.15) is 0 Å². The maximum Gasteiger partial charge on any atom is 0.208 e. The highest BCUT2D eigenvalue weighted by molar-refractivity contribution is 7.88. The van der Waals surface area contributed by atoms with E-state index in [0.717, 1.165) is 25.8 Å². The number of nitrogens with one attached hydrogen (secondary N) is 1. The Morgan fingerprint density at radius 1 is 1.38 bits per heavy atom. The van der Waals surface area contributed by atoms with Crippen LogP contribution in [0.2, 0.25) is 0 Å². The monoisotopic (exact) mass is 322 g/mol. The summed E-state index contributed by atoms with van der Waals surface area (Å²) in [6.45, 7) is 6.26. The van der Waals surface area contributed by atoms with Crippen LogP contribution in [-0.2, 0) is 14.8 Å². The Hall–Kier alpha value is -0.210. The van der Waals surface area contributed by atoms with Crippen molar-refractivity contribution >= 4 is 10.0 Å². The first-order valence-corrected chi connectivity index (χ1v) is 9.65. The van der Waals surface area contributed by atoms with Crippen LogP contribution in [0.4, 0.5) is 0 Å². The topological polar surface area (TPSA) is 78.9 Å². The number of piperidine rings is 1. The average molecular weight is 322 g/mol. The molecule has 2 atom stereocenters. The van der Waals surface area contributed by atoms with E-state index in [4.69, 9.17) is 4.74 Å². The summed E-state index contributed by atoms with van der Waals surface area (Å²) in [5, 5.41) is 10.0. The van der Waals surface area contributed by atoms with Gasteiger partial charge in [0.05, 0.1) is 25.1 Å². The SMILES string of the molecule is CC(C)OCC(O)CN1CCCCC1CCNS(C)(=O)=O. The largest absolute Gasteiger partial charge is 0.389 e. The van der Waals surface area contributed by atoms with Crippen LogP contribution in [0, 0.1) is 0 Å². The molecule has 0 aromatic heterocycles. The van der Waals surface area contributed by atoms with Crippen LogP contribution in [-0.4, -0.2) is 69.2 Å². The van der Waals surface area contributed by atoms with Crippen LogP contribution in [0.25, 0.3) is 0 Å². The summed E-state index contributed by atoms with van der Waals surface area (Å²) in [6, 6.07) is 0.335. The van der Waals surface area contributed by atoms with E-state index < -0.39 is 16.1 Å². The van der Waals surface area contributed by atoms with Crippen molar-refractivity contribution in [3.05, 3.63) is 0 Å². The Morgan fingerprint density at radius 3 is 2.71 bits per heavy atom. The molecule has 0 spiro atoms. The highest BCUT2D eigenvalue weighted by atomic mass is 32.2. The van der Waals surface area contributed by atoms with Crippen LogP contribution in [0.5, 0.6) is 0 Å². The number of aliphatic hydroxyl groups is 1. The molecular formula is C14H30N2O4S.